The number of hydrogen-bond acceptors (Lipinski definition) is 2. The zero-order valence-electron chi connectivity index (χ0n) is 9.45. The summed E-state index contributed by atoms with van der Waals surface area (Å²) in [5, 5.41) is 8.69. The molecule has 0 spiro atoms. The minimum absolute atomic E-state index is 0.00287. The average Bonchev–Trinajstić information content (AvgIpc) is 2.33. The van der Waals surface area contributed by atoms with Crippen molar-refractivity contribution in [2.45, 2.75) is 6.92 Å². The Morgan fingerprint density at radius 1 is 1.17 bits per heavy atom. The summed E-state index contributed by atoms with van der Waals surface area (Å²) < 4.78 is 27.4. The molecule has 0 aliphatic rings. The molecule has 3 nitrogen and oxygen atoms in total. The summed E-state index contributed by atoms with van der Waals surface area (Å²) in [7, 11) is 0. The summed E-state index contributed by atoms with van der Waals surface area (Å²) in [4.78, 5) is 14.6. The van der Waals surface area contributed by atoms with E-state index in [2.05, 4.69) is 4.98 Å². The average molecular weight is 249 g/mol. The molecule has 2 rings (SSSR count). The third-order valence-electron chi connectivity index (χ3n) is 2.61. The number of halogens is 2. The minimum atomic E-state index is -1.50. The molecule has 0 aliphatic heterocycles. The van der Waals surface area contributed by atoms with Gasteiger partial charge < -0.3 is 5.11 Å². The second kappa shape index (κ2) is 4.52. The Balaban J connectivity index is 2.65. The van der Waals surface area contributed by atoms with Crippen LogP contribution in [0.2, 0.25) is 0 Å². The number of carboxylic acids is 1. The summed E-state index contributed by atoms with van der Waals surface area (Å²) in [5.41, 5.74) is 0.297. The van der Waals surface area contributed by atoms with E-state index in [4.69, 9.17) is 5.11 Å². The molecule has 1 N–H and O–H groups in total. The fourth-order valence-electron chi connectivity index (χ4n) is 1.69. The van der Waals surface area contributed by atoms with Crippen LogP contribution < -0.4 is 0 Å². The number of carbonyl (C=O) groups is 1. The third kappa shape index (κ3) is 1.95. The zero-order valence-corrected chi connectivity index (χ0v) is 9.45. The topological polar surface area (TPSA) is 50.2 Å². The summed E-state index contributed by atoms with van der Waals surface area (Å²) >= 11 is 0. The summed E-state index contributed by atoms with van der Waals surface area (Å²) in [6, 6.07) is 5.49. The second-order valence-corrected chi connectivity index (χ2v) is 3.73. The SMILES string of the molecule is Cc1ncccc1-c1ccc(C(=O)O)c(F)c1F. The van der Waals surface area contributed by atoms with Crippen molar-refractivity contribution in [2.75, 3.05) is 0 Å². The molecular formula is C13H9F2NO2. The maximum atomic E-state index is 13.8. The molecule has 0 unspecified atom stereocenters. The Hall–Kier alpha value is -2.30. The zero-order chi connectivity index (χ0) is 13.3. The van der Waals surface area contributed by atoms with Crippen LogP contribution in [0, 0.1) is 18.6 Å². The lowest BCUT2D eigenvalue weighted by molar-refractivity contribution is 0.0690. The molecule has 0 amide bonds. The maximum Gasteiger partial charge on any atom is 0.338 e. The van der Waals surface area contributed by atoms with Gasteiger partial charge in [0, 0.05) is 23.0 Å². The van der Waals surface area contributed by atoms with Crippen molar-refractivity contribution in [2.24, 2.45) is 0 Å². The van der Waals surface area contributed by atoms with Crippen LogP contribution in [-0.2, 0) is 0 Å². The van der Waals surface area contributed by atoms with Gasteiger partial charge in [-0.25, -0.2) is 13.6 Å². The van der Waals surface area contributed by atoms with Crippen LogP contribution >= 0.6 is 0 Å². The highest BCUT2D eigenvalue weighted by Gasteiger charge is 2.19. The van der Waals surface area contributed by atoms with Gasteiger partial charge in [-0.2, -0.15) is 0 Å². The predicted octanol–water partition coefficient (Wildman–Crippen LogP) is 3.03. The van der Waals surface area contributed by atoms with Crippen molar-refractivity contribution in [1.82, 2.24) is 4.98 Å². The summed E-state index contributed by atoms with van der Waals surface area (Å²) in [6.07, 6.45) is 1.54. The number of pyridine rings is 1. The maximum absolute atomic E-state index is 13.8. The standard InChI is InChI=1S/C13H9F2NO2/c1-7-8(3-2-6-16-7)9-4-5-10(13(17)18)12(15)11(9)14/h2-6H,1H3,(H,17,18). The lowest BCUT2D eigenvalue weighted by Crippen LogP contribution is -2.04. The minimum Gasteiger partial charge on any atom is -0.478 e. The van der Waals surface area contributed by atoms with Crippen molar-refractivity contribution in [1.29, 1.82) is 0 Å². The Bertz CT molecular complexity index is 626. The van der Waals surface area contributed by atoms with Gasteiger partial charge in [0.25, 0.3) is 0 Å². The van der Waals surface area contributed by atoms with Crippen molar-refractivity contribution in [3.8, 4) is 11.1 Å². The molecule has 0 bridgehead atoms. The predicted molar refractivity (Wildman–Crippen MR) is 61.3 cm³/mol. The van der Waals surface area contributed by atoms with Crippen LogP contribution in [-0.4, -0.2) is 16.1 Å². The Labute approximate surface area is 102 Å². The van der Waals surface area contributed by atoms with Crippen molar-refractivity contribution in [3.63, 3.8) is 0 Å². The third-order valence-corrected chi connectivity index (χ3v) is 2.61. The molecule has 1 aromatic carbocycles. The molecule has 92 valence electrons. The monoisotopic (exact) mass is 249 g/mol. The fraction of sp³-hybridized carbons (Fsp3) is 0.0769. The van der Waals surface area contributed by atoms with Gasteiger partial charge in [-0.3, -0.25) is 4.98 Å². The highest BCUT2D eigenvalue weighted by Crippen LogP contribution is 2.27. The Morgan fingerprint density at radius 3 is 2.50 bits per heavy atom. The fourth-order valence-corrected chi connectivity index (χ4v) is 1.69. The second-order valence-electron chi connectivity index (χ2n) is 3.73. The quantitative estimate of drug-likeness (QED) is 0.889. The van der Waals surface area contributed by atoms with E-state index < -0.39 is 23.2 Å². The Kier molecular flexibility index (Phi) is 3.06. The van der Waals surface area contributed by atoms with Crippen LogP contribution in [0.4, 0.5) is 8.78 Å². The molecule has 0 fully saturated rings. The van der Waals surface area contributed by atoms with Gasteiger partial charge in [0.15, 0.2) is 11.6 Å². The first-order valence-electron chi connectivity index (χ1n) is 5.15. The van der Waals surface area contributed by atoms with E-state index in [1.165, 1.54) is 6.07 Å². The number of carboxylic acid groups (broad SMARTS) is 1. The molecule has 18 heavy (non-hydrogen) atoms. The van der Waals surface area contributed by atoms with E-state index in [0.29, 0.717) is 11.3 Å². The van der Waals surface area contributed by atoms with E-state index >= 15 is 0 Å². The van der Waals surface area contributed by atoms with Gasteiger partial charge in [0.1, 0.15) is 0 Å². The molecule has 0 aliphatic carbocycles. The number of aryl methyl sites for hydroxylation is 1. The molecule has 0 saturated carbocycles. The van der Waals surface area contributed by atoms with Crippen molar-refractivity contribution >= 4 is 5.97 Å². The Morgan fingerprint density at radius 2 is 1.89 bits per heavy atom. The number of aromatic carboxylic acids is 1. The molecule has 5 heteroatoms. The van der Waals surface area contributed by atoms with E-state index in [1.807, 2.05) is 0 Å². The van der Waals surface area contributed by atoms with E-state index in [0.717, 1.165) is 6.07 Å². The molecule has 1 aromatic heterocycles. The molecule has 1 heterocycles. The van der Waals surface area contributed by atoms with Crippen molar-refractivity contribution in [3.05, 3.63) is 53.4 Å². The van der Waals surface area contributed by atoms with Gasteiger partial charge in [0.2, 0.25) is 0 Å². The number of rotatable bonds is 2. The highest BCUT2D eigenvalue weighted by molar-refractivity contribution is 5.89. The first-order chi connectivity index (χ1) is 8.52. The molecule has 0 atom stereocenters. The van der Waals surface area contributed by atoms with Crippen LogP contribution in [0.25, 0.3) is 11.1 Å². The first kappa shape index (κ1) is 12.2. The van der Waals surface area contributed by atoms with E-state index in [9.17, 15) is 13.6 Å². The molecule has 2 aromatic rings. The highest BCUT2D eigenvalue weighted by atomic mass is 19.2. The van der Waals surface area contributed by atoms with Gasteiger partial charge in [-0.05, 0) is 19.1 Å². The van der Waals surface area contributed by atoms with Crippen LogP contribution in [0.15, 0.2) is 30.5 Å². The number of aromatic nitrogens is 1. The number of benzene rings is 1. The smallest absolute Gasteiger partial charge is 0.338 e. The van der Waals surface area contributed by atoms with Crippen LogP contribution in [0.3, 0.4) is 0 Å². The largest absolute Gasteiger partial charge is 0.478 e. The van der Waals surface area contributed by atoms with E-state index in [1.54, 1.807) is 25.3 Å². The van der Waals surface area contributed by atoms with Gasteiger partial charge in [-0.15, -0.1) is 0 Å². The van der Waals surface area contributed by atoms with Crippen LogP contribution in [0.5, 0.6) is 0 Å². The lowest BCUT2D eigenvalue weighted by atomic mass is 10.0. The summed E-state index contributed by atoms with van der Waals surface area (Å²) in [6.45, 7) is 1.66. The number of nitrogens with zero attached hydrogens (tertiary/aromatic N) is 1. The summed E-state index contributed by atoms with van der Waals surface area (Å²) in [5.74, 6) is -4.03. The van der Waals surface area contributed by atoms with Crippen LogP contribution in [0.1, 0.15) is 16.1 Å². The number of hydrogen-bond donors (Lipinski definition) is 1. The molecular weight excluding hydrogens is 240 g/mol. The van der Waals surface area contributed by atoms with Gasteiger partial charge >= 0.3 is 5.97 Å². The molecule has 0 radical (unpaired) electrons. The van der Waals surface area contributed by atoms with Crippen molar-refractivity contribution < 1.29 is 18.7 Å². The van der Waals surface area contributed by atoms with E-state index in [-0.39, 0.29) is 5.56 Å². The van der Waals surface area contributed by atoms with Gasteiger partial charge in [-0.1, -0.05) is 12.1 Å². The normalized spacial score (nSPS) is 10.4. The molecule has 0 saturated heterocycles. The van der Waals surface area contributed by atoms with Gasteiger partial charge in [0.05, 0.1) is 5.56 Å². The first-order valence-corrected chi connectivity index (χ1v) is 5.15. The lowest BCUT2D eigenvalue weighted by Gasteiger charge is -2.08.